The van der Waals surface area contributed by atoms with E-state index >= 15 is 0 Å². The minimum atomic E-state index is -0.480. The summed E-state index contributed by atoms with van der Waals surface area (Å²) in [6, 6.07) is 4.42. The van der Waals surface area contributed by atoms with Gasteiger partial charge >= 0.3 is 0 Å². The summed E-state index contributed by atoms with van der Waals surface area (Å²) < 4.78 is 1.64. The number of aliphatic hydroxyl groups is 1. The largest absolute Gasteiger partial charge is 0.392 e. The fourth-order valence-electron chi connectivity index (χ4n) is 1.67. The molecule has 2 rings (SSSR count). The molecule has 0 aliphatic carbocycles. The standard InChI is InChI=1S/C11H11N3O3/c1-13-6-9(5-12-13)11-3-2-10(14(16)17)4-8(11)7-15/h2-6,15H,7H2,1H3. The van der Waals surface area contributed by atoms with E-state index in [0.717, 1.165) is 11.1 Å². The van der Waals surface area contributed by atoms with Crippen molar-refractivity contribution in [3.63, 3.8) is 0 Å². The zero-order chi connectivity index (χ0) is 12.4. The van der Waals surface area contributed by atoms with Crippen molar-refractivity contribution in [1.29, 1.82) is 0 Å². The Hall–Kier alpha value is -2.21. The third-order valence-electron chi connectivity index (χ3n) is 2.49. The van der Waals surface area contributed by atoms with Gasteiger partial charge in [-0.05, 0) is 17.2 Å². The van der Waals surface area contributed by atoms with Crippen LogP contribution in [0.3, 0.4) is 0 Å². The van der Waals surface area contributed by atoms with Crippen LogP contribution in [0.2, 0.25) is 0 Å². The van der Waals surface area contributed by atoms with Gasteiger partial charge in [0, 0.05) is 30.9 Å². The van der Waals surface area contributed by atoms with Gasteiger partial charge in [-0.1, -0.05) is 0 Å². The molecule has 0 aliphatic heterocycles. The summed E-state index contributed by atoms with van der Waals surface area (Å²) in [4.78, 5) is 10.1. The zero-order valence-electron chi connectivity index (χ0n) is 9.20. The molecule has 0 fully saturated rings. The molecule has 1 aromatic carbocycles. The Morgan fingerprint density at radius 3 is 2.82 bits per heavy atom. The lowest BCUT2D eigenvalue weighted by Crippen LogP contribution is -1.93. The highest BCUT2D eigenvalue weighted by Gasteiger charge is 2.12. The predicted molar refractivity (Wildman–Crippen MR) is 61.2 cm³/mol. The summed E-state index contributed by atoms with van der Waals surface area (Å²) in [5.41, 5.74) is 2.08. The van der Waals surface area contributed by atoms with Gasteiger partial charge in [0.05, 0.1) is 17.7 Å². The Kier molecular flexibility index (Phi) is 2.88. The maximum Gasteiger partial charge on any atom is 0.269 e. The molecule has 6 nitrogen and oxygen atoms in total. The molecule has 6 heteroatoms. The molecule has 0 radical (unpaired) electrons. The van der Waals surface area contributed by atoms with Crippen LogP contribution in [0, 0.1) is 10.1 Å². The van der Waals surface area contributed by atoms with Crippen molar-refractivity contribution in [1.82, 2.24) is 9.78 Å². The summed E-state index contributed by atoms with van der Waals surface area (Å²) in [6.45, 7) is -0.244. The van der Waals surface area contributed by atoms with Gasteiger partial charge < -0.3 is 5.11 Å². The average Bonchev–Trinajstić information content (AvgIpc) is 2.74. The molecule has 0 unspecified atom stereocenters. The van der Waals surface area contributed by atoms with Crippen molar-refractivity contribution in [3.05, 3.63) is 46.3 Å². The molecule has 1 heterocycles. The van der Waals surface area contributed by atoms with E-state index in [1.807, 2.05) is 0 Å². The Morgan fingerprint density at radius 2 is 2.29 bits per heavy atom. The summed E-state index contributed by atoms with van der Waals surface area (Å²) in [7, 11) is 1.79. The molecule has 1 aromatic heterocycles. The van der Waals surface area contributed by atoms with Crippen LogP contribution in [0.25, 0.3) is 11.1 Å². The smallest absolute Gasteiger partial charge is 0.269 e. The van der Waals surface area contributed by atoms with Crippen molar-refractivity contribution in [2.24, 2.45) is 7.05 Å². The number of aromatic nitrogens is 2. The van der Waals surface area contributed by atoms with E-state index in [4.69, 9.17) is 0 Å². The van der Waals surface area contributed by atoms with Crippen molar-refractivity contribution < 1.29 is 10.0 Å². The molecule has 0 atom stereocenters. The first-order valence-corrected chi connectivity index (χ1v) is 4.99. The topological polar surface area (TPSA) is 81.2 Å². The van der Waals surface area contributed by atoms with E-state index in [-0.39, 0.29) is 12.3 Å². The van der Waals surface area contributed by atoms with E-state index in [9.17, 15) is 15.2 Å². The Bertz CT molecular complexity index is 563. The normalized spacial score (nSPS) is 10.5. The highest BCUT2D eigenvalue weighted by molar-refractivity contribution is 5.67. The van der Waals surface area contributed by atoms with E-state index in [1.165, 1.54) is 12.1 Å². The quantitative estimate of drug-likeness (QED) is 0.643. The number of rotatable bonds is 3. The van der Waals surface area contributed by atoms with Crippen LogP contribution in [0.15, 0.2) is 30.6 Å². The summed E-state index contributed by atoms with van der Waals surface area (Å²) in [5, 5.41) is 23.9. The van der Waals surface area contributed by atoms with Crippen molar-refractivity contribution in [3.8, 4) is 11.1 Å². The Labute approximate surface area is 97.3 Å². The molecule has 0 spiro atoms. The van der Waals surface area contributed by atoms with Crippen LogP contribution in [0.4, 0.5) is 5.69 Å². The van der Waals surface area contributed by atoms with Crippen LogP contribution >= 0.6 is 0 Å². The first-order chi connectivity index (χ1) is 8.11. The molecule has 0 saturated carbocycles. The maximum atomic E-state index is 10.6. The minimum Gasteiger partial charge on any atom is -0.392 e. The van der Waals surface area contributed by atoms with Gasteiger partial charge in [-0.15, -0.1) is 0 Å². The van der Waals surface area contributed by atoms with E-state index in [2.05, 4.69) is 5.10 Å². The molecule has 1 N–H and O–H groups in total. The Balaban J connectivity index is 2.51. The van der Waals surface area contributed by atoms with Gasteiger partial charge in [0.1, 0.15) is 0 Å². The second-order valence-corrected chi connectivity index (χ2v) is 3.66. The van der Waals surface area contributed by atoms with Gasteiger partial charge in [-0.2, -0.15) is 5.10 Å². The SMILES string of the molecule is Cn1cc(-c2ccc([N+](=O)[O-])cc2CO)cn1. The summed E-state index contributed by atoms with van der Waals surface area (Å²) >= 11 is 0. The molecule has 88 valence electrons. The molecule has 0 bridgehead atoms. The van der Waals surface area contributed by atoms with Crippen LogP contribution in [0.1, 0.15) is 5.56 Å². The number of aliphatic hydroxyl groups excluding tert-OH is 1. The van der Waals surface area contributed by atoms with Crippen LogP contribution in [-0.2, 0) is 13.7 Å². The van der Waals surface area contributed by atoms with Crippen LogP contribution in [0.5, 0.6) is 0 Å². The summed E-state index contributed by atoms with van der Waals surface area (Å²) in [6.07, 6.45) is 3.45. The molecule has 0 saturated heterocycles. The lowest BCUT2D eigenvalue weighted by Gasteiger charge is -2.04. The number of nitro groups is 1. The van der Waals surface area contributed by atoms with E-state index < -0.39 is 4.92 Å². The highest BCUT2D eigenvalue weighted by atomic mass is 16.6. The second kappa shape index (κ2) is 4.34. The lowest BCUT2D eigenvalue weighted by atomic mass is 10.0. The molecular weight excluding hydrogens is 222 g/mol. The predicted octanol–water partition coefficient (Wildman–Crippen LogP) is 1.49. The van der Waals surface area contributed by atoms with Crippen LogP contribution in [-0.4, -0.2) is 19.8 Å². The number of aryl methyl sites for hydroxylation is 1. The fraction of sp³-hybridized carbons (Fsp3) is 0.182. The van der Waals surface area contributed by atoms with Crippen molar-refractivity contribution in [2.75, 3.05) is 0 Å². The summed E-state index contributed by atoms with van der Waals surface area (Å²) in [5.74, 6) is 0. The lowest BCUT2D eigenvalue weighted by molar-refractivity contribution is -0.384. The third-order valence-corrected chi connectivity index (χ3v) is 2.49. The third kappa shape index (κ3) is 2.16. The van der Waals surface area contributed by atoms with E-state index in [1.54, 1.807) is 30.2 Å². The maximum absolute atomic E-state index is 10.6. The number of nitro benzene ring substituents is 1. The van der Waals surface area contributed by atoms with Gasteiger partial charge in [0.2, 0.25) is 0 Å². The number of nitrogens with zero attached hydrogens (tertiary/aromatic N) is 3. The molecular formula is C11H11N3O3. The highest BCUT2D eigenvalue weighted by Crippen LogP contribution is 2.26. The van der Waals surface area contributed by atoms with Crippen molar-refractivity contribution >= 4 is 5.69 Å². The first-order valence-electron chi connectivity index (χ1n) is 4.99. The van der Waals surface area contributed by atoms with Gasteiger partial charge in [0.25, 0.3) is 5.69 Å². The average molecular weight is 233 g/mol. The van der Waals surface area contributed by atoms with Crippen LogP contribution < -0.4 is 0 Å². The molecule has 17 heavy (non-hydrogen) atoms. The number of non-ortho nitro benzene ring substituents is 1. The van der Waals surface area contributed by atoms with Gasteiger partial charge in [0.15, 0.2) is 0 Å². The number of benzene rings is 1. The first kappa shape index (κ1) is 11.3. The van der Waals surface area contributed by atoms with Gasteiger partial charge in [-0.3, -0.25) is 14.8 Å². The number of hydrogen-bond acceptors (Lipinski definition) is 4. The van der Waals surface area contributed by atoms with Gasteiger partial charge in [-0.25, -0.2) is 0 Å². The minimum absolute atomic E-state index is 0.0262. The molecule has 0 aliphatic rings. The molecule has 0 amide bonds. The Morgan fingerprint density at radius 1 is 1.53 bits per heavy atom. The fourth-order valence-corrected chi connectivity index (χ4v) is 1.67. The van der Waals surface area contributed by atoms with E-state index in [0.29, 0.717) is 5.56 Å². The number of hydrogen-bond donors (Lipinski definition) is 1. The zero-order valence-corrected chi connectivity index (χ0v) is 9.20. The molecule has 2 aromatic rings. The second-order valence-electron chi connectivity index (χ2n) is 3.66. The monoisotopic (exact) mass is 233 g/mol. The van der Waals surface area contributed by atoms with Crippen molar-refractivity contribution in [2.45, 2.75) is 6.61 Å².